The summed E-state index contributed by atoms with van der Waals surface area (Å²) in [5, 5.41) is 18.2. The molecule has 3 rings (SSSR count). The Hall–Kier alpha value is -3.02. The Balaban J connectivity index is 1.88. The molecule has 3 aromatic rings. The third kappa shape index (κ3) is 5.06. The van der Waals surface area contributed by atoms with Gasteiger partial charge in [0.15, 0.2) is 4.80 Å². The molecule has 1 aromatic heterocycles. The van der Waals surface area contributed by atoms with Gasteiger partial charge in [-0.1, -0.05) is 22.9 Å². The van der Waals surface area contributed by atoms with E-state index in [1.54, 1.807) is 23.7 Å². The zero-order valence-corrected chi connectivity index (χ0v) is 19.4. The monoisotopic (exact) mass is 487 g/mol. The SMILES string of the molecule is Cn1c(=NC(=O)c2ccc(S(=O)(=O)N(CCC#N)CCC#N)cc2)sc2cc(Cl)ccc21. The molecule has 0 atom stereocenters. The first-order valence-corrected chi connectivity index (χ1v) is 12.1. The zero-order chi connectivity index (χ0) is 23.3. The Morgan fingerprint density at radius 1 is 1.12 bits per heavy atom. The molecule has 1 amide bonds. The van der Waals surface area contributed by atoms with Crippen LogP contribution in [-0.4, -0.2) is 36.3 Å². The summed E-state index contributed by atoms with van der Waals surface area (Å²) in [5.41, 5.74) is 1.13. The van der Waals surface area contributed by atoms with Gasteiger partial charge in [-0.25, -0.2) is 8.42 Å². The van der Waals surface area contributed by atoms with E-state index in [4.69, 9.17) is 22.1 Å². The number of aromatic nitrogens is 1. The first kappa shape index (κ1) is 23.6. The molecule has 8 nitrogen and oxygen atoms in total. The van der Waals surface area contributed by atoms with Crippen molar-refractivity contribution in [2.24, 2.45) is 12.0 Å². The van der Waals surface area contributed by atoms with Crippen molar-refractivity contribution >= 4 is 49.1 Å². The molecule has 0 saturated heterocycles. The minimum atomic E-state index is -3.90. The van der Waals surface area contributed by atoms with Crippen molar-refractivity contribution in [3.8, 4) is 12.1 Å². The zero-order valence-electron chi connectivity index (χ0n) is 17.0. The Morgan fingerprint density at radius 2 is 1.75 bits per heavy atom. The van der Waals surface area contributed by atoms with Gasteiger partial charge in [-0.2, -0.15) is 19.8 Å². The smallest absolute Gasteiger partial charge is 0.279 e. The Kier molecular flexibility index (Phi) is 7.44. The molecule has 2 aromatic carbocycles. The van der Waals surface area contributed by atoms with Crippen LogP contribution in [0.4, 0.5) is 0 Å². The predicted molar refractivity (Wildman–Crippen MR) is 121 cm³/mol. The number of benzene rings is 2. The number of sulfonamides is 1. The number of amides is 1. The number of nitrogens with zero attached hydrogens (tertiary/aromatic N) is 5. The highest BCUT2D eigenvalue weighted by molar-refractivity contribution is 7.89. The maximum absolute atomic E-state index is 12.9. The maximum Gasteiger partial charge on any atom is 0.279 e. The number of carbonyl (C=O) groups is 1. The van der Waals surface area contributed by atoms with Gasteiger partial charge < -0.3 is 4.57 Å². The lowest BCUT2D eigenvalue weighted by molar-refractivity contribution is 0.0998. The molecule has 164 valence electrons. The Morgan fingerprint density at radius 3 is 2.34 bits per heavy atom. The molecule has 0 aliphatic heterocycles. The van der Waals surface area contributed by atoms with Gasteiger partial charge in [0.1, 0.15) is 0 Å². The predicted octanol–water partition coefficient (Wildman–Crippen LogP) is 3.45. The average Bonchev–Trinajstić information content (AvgIpc) is 3.07. The highest BCUT2D eigenvalue weighted by Gasteiger charge is 2.24. The van der Waals surface area contributed by atoms with E-state index in [2.05, 4.69) is 4.99 Å². The molecule has 0 bridgehead atoms. The standard InChI is InChI=1S/C21H18ClN5O3S2/c1-26-18-9-6-16(22)14-19(18)31-21(26)25-20(28)15-4-7-17(8-5-15)32(29,30)27(12-2-10-23)13-3-11-24/h4-9,14H,2-3,12-13H2,1H3. The third-order valence-corrected chi connectivity index (χ3v) is 7.90. The molecule has 0 unspecified atom stereocenters. The van der Waals surface area contributed by atoms with Gasteiger partial charge in [-0.05, 0) is 42.5 Å². The van der Waals surface area contributed by atoms with Gasteiger partial charge in [0.25, 0.3) is 5.91 Å². The van der Waals surface area contributed by atoms with Gasteiger partial charge in [0, 0.05) is 43.6 Å². The number of aryl methyl sites for hydroxylation is 1. The second kappa shape index (κ2) is 10.1. The second-order valence-electron chi connectivity index (χ2n) is 6.72. The molecule has 32 heavy (non-hydrogen) atoms. The van der Waals surface area contributed by atoms with Crippen LogP contribution in [0.15, 0.2) is 52.4 Å². The number of halogens is 1. The highest BCUT2D eigenvalue weighted by atomic mass is 35.5. The van der Waals surface area contributed by atoms with Crippen LogP contribution >= 0.6 is 22.9 Å². The third-order valence-electron chi connectivity index (χ3n) is 4.65. The fourth-order valence-corrected chi connectivity index (χ4v) is 5.72. The lowest BCUT2D eigenvalue weighted by Crippen LogP contribution is -2.32. The van der Waals surface area contributed by atoms with Crippen molar-refractivity contribution in [2.75, 3.05) is 13.1 Å². The molecule has 0 saturated carbocycles. The fraction of sp³-hybridized carbons (Fsp3) is 0.238. The summed E-state index contributed by atoms with van der Waals surface area (Å²) in [6.07, 6.45) is 0.0228. The molecular weight excluding hydrogens is 470 g/mol. The highest BCUT2D eigenvalue weighted by Crippen LogP contribution is 2.21. The number of thiazole rings is 1. The van der Waals surface area contributed by atoms with E-state index < -0.39 is 15.9 Å². The lowest BCUT2D eigenvalue weighted by atomic mass is 10.2. The van der Waals surface area contributed by atoms with E-state index in [0.29, 0.717) is 9.82 Å². The Labute approximate surface area is 194 Å². The summed E-state index contributed by atoms with van der Waals surface area (Å²) < 4.78 is 29.5. The van der Waals surface area contributed by atoms with Crippen LogP contribution in [0.1, 0.15) is 23.2 Å². The van der Waals surface area contributed by atoms with E-state index in [1.807, 2.05) is 18.2 Å². The second-order valence-corrected chi connectivity index (χ2v) is 10.1. The van der Waals surface area contributed by atoms with Crippen molar-refractivity contribution in [3.63, 3.8) is 0 Å². The van der Waals surface area contributed by atoms with Crippen LogP contribution in [0.3, 0.4) is 0 Å². The molecule has 1 heterocycles. The number of hydrogen-bond acceptors (Lipinski definition) is 6. The number of fused-ring (bicyclic) bond motifs is 1. The number of carbonyl (C=O) groups excluding carboxylic acids is 1. The molecule has 0 aliphatic rings. The normalized spacial score (nSPS) is 12.1. The first-order valence-electron chi connectivity index (χ1n) is 9.46. The van der Waals surface area contributed by atoms with Crippen LogP contribution in [-0.2, 0) is 17.1 Å². The summed E-state index contributed by atoms with van der Waals surface area (Å²) in [6.45, 7) is -0.0219. The van der Waals surface area contributed by atoms with E-state index in [1.165, 1.54) is 35.6 Å². The first-order chi connectivity index (χ1) is 15.3. The van der Waals surface area contributed by atoms with E-state index in [9.17, 15) is 13.2 Å². The van der Waals surface area contributed by atoms with E-state index in [-0.39, 0.29) is 36.4 Å². The fourth-order valence-electron chi connectivity index (χ4n) is 2.99. The van der Waals surface area contributed by atoms with Crippen LogP contribution in [0.25, 0.3) is 10.2 Å². The van der Waals surface area contributed by atoms with Crippen molar-refractivity contribution in [1.82, 2.24) is 8.87 Å². The Bertz CT molecular complexity index is 1390. The molecule has 11 heteroatoms. The number of nitriles is 2. The lowest BCUT2D eigenvalue weighted by Gasteiger charge is -2.20. The number of rotatable bonds is 7. The molecule has 0 aliphatic carbocycles. The summed E-state index contributed by atoms with van der Waals surface area (Å²) in [6, 6.07) is 14.7. The maximum atomic E-state index is 12.9. The molecule has 0 spiro atoms. The minimum Gasteiger partial charge on any atom is -0.319 e. The molecular formula is C21H18ClN5O3S2. The van der Waals surface area contributed by atoms with Crippen molar-refractivity contribution in [1.29, 1.82) is 10.5 Å². The van der Waals surface area contributed by atoms with Crippen LogP contribution in [0.2, 0.25) is 5.02 Å². The van der Waals surface area contributed by atoms with Crippen molar-refractivity contribution in [2.45, 2.75) is 17.7 Å². The van der Waals surface area contributed by atoms with Crippen LogP contribution < -0.4 is 4.80 Å². The van der Waals surface area contributed by atoms with E-state index in [0.717, 1.165) is 14.5 Å². The van der Waals surface area contributed by atoms with Crippen LogP contribution in [0.5, 0.6) is 0 Å². The van der Waals surface area contributed by atoms with Gasteiger partial charge in [0.2, 0.25) is 10.0 Å². The number of hydrogen-bond donors (Lipinski definition) is 0. The summed E-state index contributed by atoms with van der Waals surface area (Å²) >= 11 is 7.35. The van der Waals surface area contributed by atoms with Crippen LogP contribution in [0, 0.1) is 22.7 Å². The largest absolute Gasteiger partial charge is 0.319 e. The quantitative estimate of drug-likeness (QED) is 0.505. The van der Waals surface area contributed by atoms with Gasteiger partial charge in [0.05, 0.1) is 27.3 Å². The van der Waals surface area contributed by atoms with Gasteiger partial charge in [-0.15, -0.1) is 0 Å². The summed E-state index contributed by atoms with van der Waals surface area (Å²) in [4.78, 5) is 17.3. The average molecular weight is 488 g/mol. The van der Waals surface area contributed by atoms with E-state index >= 15 is 0 Å². The molecule has 0 N–H and O–H groups in total. The van der Waals surface area contributed by atoms with Crippen molar-refractivity contribution in [3.05, 3.63) is 57.9 Å². The molecule has 0 radical (unpaired) electrons. The summed E-state index contributed by atoms with van der Waals surface area (Å²) in [7, 11) is -2.10. The van der Waals surface area contributed by atoms with Gasteiger partial charge in [-0.3, -0.25) is 4.79 Å². The van der Waals surface area contributed by atoms with Crippen molar-refractivity contribution < 1.29 is 13.2 Å². The van der Waals surface area contributed by atoms with Gasteiger partial charge >= 0.3 is 0 Å². The molecule has 0 fully saturated rings. The minimum absolute atomic E-state index is 0.0109. The topological polar surface area (TPSA) is 119 Å². The summed E-state index contributed by atoms with van der Waals surface area (Å²) in [5.74, 6) is -0.506.